The number of morpholine rings is 1. The van der Waals surface area contributed by atoms with E-state index in [9.17, 15) is 9.59 Å². The van der Waals surface area contributed by atoms with Crippen molar-refractivity contribution < 1.29 is 9.53 Å². The molecule has 1 aromatic rings. The molecule has 2 fully saturated rings. The Balaban J connectivity index is 1.88. The van der Waals surface area contributed by atoms with Crippen LogP contribution in [-0.2, 0) is 4.74 Å². The molecule has 2 unspecified atom stereocenters. The summed E-state index contributed by atoms with van der Waals surface area (Å²) in [5.74, 6) is -0.165. The van der Waals surface area contributed by atoms with Crippen LogP contribution in [0.5, 0.6) is 0 Å². The highest BCUT2D eigenvalue weighted by atomic mass is 16.5. The van der Waals surface area contributed by atoms with Crippen molar-refractivity contribution in [2.24, 2.45) is 0 Å². The Morgan fingerprint density at radius 2 is 2.26 bits per heavy atom. The van der Waals surface area contributed by atoms with Crippen LogP contribution in [0.15, 0.2) is 16.9 Å². The fourth-order valence-corrected chi connectivity index (χ4v) is 3.07. The van der Waals surface area contributed by atoms with Crippen LogP contribution in [0, 0.1) is 6.92 Å². The molecule has 5 heteroatoms. The van der Waals surface area contributed by atoms with E-state index in [0.29, 0.717) is 13.2 Å². The molecule has 0 aromatic carbocycles. The molecule has 1 saturated heterocycles. The van der Waals surface area contributed by atoms with Gasteiger partial charge in [0.05, 0.1) is 18.8 Å². The lowest BCUT2D eigenvalue weighted by Crippen LogP contribution is -2.52. The van der Waals surface area contributed by atoms with E-state index in [4.69, 9.17) is 4.74 Å². The van der Waals surface area contributed by atoms with Crippen LogP contribution in [-0.4, -0.2) is 41.1 Å². The molecule has 1 saturated carbocycles. The number of fused-ring (bicyclic) bond motifs is 1. The van der Waals surface area contributed by atoms with E-state index in [0.717, 1.165) is 25.0 Å². The number of amides is 1. The number of aryl methyl sites for hydroxylation is 1. The molecule has 0 spiro atoms. The monoisotopic (exact) mass is 262 g/mol. The predicted molar refractivity (Wildman–Crippen MR) is 70.2 cm³/mol. The summed E-state index contributed by atoms with van der Waals surface area (Å²) in [6, 6.07) is 3.53. The first-order valence-electron chi connectivity index (χ1n) is 6.79. The molecule has 1 aliphatic heterocycles. The minimum atomic E-state index is -0.300. The number of hydrogen-bond acceptors (Lipinski definition) is 3. The Hall–Kier alpha value is -1.62. The Bertz CT molecular complexity index is 552. The maximum absolute atomic E-state index is 12.5. The molecule has 102 valence electrons. The first kappa shape index (κ1) is 12.4. The highest BCUT2D eigenvalue weighted by Crippen LogP contribution is 2.30. The number of H-pyrrole nitrogens is 1. The van der Waals surface area contributed by atoms with Gasteiger partial charge in [0.2, 0.25) is 0 Å². The van der Waals surface area contributed by atoms with E-state index in [-0.39, 0.29) is 29.2 Å². The van der Waals surface area contributed by atoms with Crippen molar-refractivity contribution in [2.75, 3.05) is 13.2 Å². The number of hydrogen-bond donors (Lipinski definition) is 1. The molecule has 5 nitrogen and oxygen atoms in total. The third kappa shape index (κ3) is 2.18. The van der Waals surface area contributed by atoms with E-state index < -0.39 is 0 Å². The number of ether oxygens (including phenoxy) is 1. The number of aromatic amines is 1. The lowest BCUT2D eigenvalue weighted by Gasteiger charge is -2.37. The molecule has 1 aromatic heterocycles. The normalized spacial score (nSPS) is 26.3. The van der Waals surface area contributed by atoms with E-state index in [1.54, 1.807) is 19.1 Å². The third-order valence-corrected chi connectivity index (χ3v) is 4.03. The van der Waals surface area contributed by atoms with Crippen LogP contribution in [0.3, 0.4) is 0 Å². The molecule has 19 heavy (non-hydrogen) atoms. The number of aromatic nitrogens is 1. The fraction of sp³-hybridized carbons (Fsp3) is 0.571. The molecule has 2 aliphatic rings. The number of carbonyl (C=O) groups excluding carboxylic acids is 1. The second-order valence-corrected chi connectivity index (χ2v) is 5.29. The minimum absolute atomic E-state index is 0.141. The lowest BCUT2D eigenvalue weighted by atomic mass is 10.1. The summed E-state index contributed by atoms with van der Waals surface area (Å²) in [7, 11) is 0. The van der Waals surface area contributed by atoms with Gasteiger partial charge in [0.25, 0.3) is 11.5 Å². The second kappa shape index (κ2) is 4.81. The largest absolute Gasteiger partial charge is 0.374 e. The topological polar surface area (TPSA) is 62.4 Å². The molecule has 1 N–H and O–H groups in total. The second-order valence-electron chi connectivity index (χ2n) is 5.29. The van der Waals surface area contributed by atoms with Gasteiger partial charge in [-0.05, 0) is 38.3 Å². The summed E-state index contributed by atoms with van der Waals surface area (Å²) in [6.07, 6.45) is 3.23. The highest BCUT2D eigenvalue weighted by Gasteiger charge is 2.39. The Kier molecular flexibility index (Phi) is 3.14. The van der Waals surface area contributed by atoms with Crippen molar-refractivity contribution >= 4 is 5.91 Å². The Labute approximate surface area is 111 Å². The van der Waals surface area contributed by atoms with Crippen LogP contribution in [0.25, 0.3) is 0 Å². The molecular formula is C14H18N2O3. The van der Waals surface area contributed by atoms with Crippen molar-refractivity contribution in [1.29, 1.82) is 0 Å². The summed E-state index contributed by atoms with van der Waals surface area (Å²) >= 11 is 0. The SMILES string of the molecule is Cc1ccc(C(=O)N2CCOC3CCCC32)c(=O)[nH]1. The van der Waals surface area contributed by atoms with Crippen molar-refractivity contribution in [2.45, 2.75) is 38.3 Å². The maximum Gasteiger partial charge on any atom is 0.260 e. The zero-order valence-corrected chi connectivity index (χ0v) is 11.0. The quantitative estimate of drug-likeness (QED) is 0.823. The van der Waals surface area contributed by atoms with Crippen LogP contribution in [0.4, 0.5) is 0 Å². The zero-order chi connectivity index (χ0) is 13.4. The van der Waals surface area contributed by atoms with Gasteiger partial charge in [-0.15, -0.1) is 0 Å². The minimum Gasteiger partial charge on any atom is -0.374 e. The molecular weight excluding hydrogens is 244 g/mol. The van der Waals surface area contributed by atoms with Gasteiger partial charge in [0, 0.05) is 12.2 Å². The van der Waals surface area contributed by atoms with Gasteiger partial charge in [-0.25, -0.2) is 0 Å². The third-order valence-electron chi connectivity index (χ3n) is 4.03. The van der Waals surface area contributed by atoms with Gasteiger partial charge < -0.3 is 14.6 Å². The van der Waals surface area contributed by atoms with Crippen molar-refractivity contribution in [3.63, 3.8) is 0 Å². The summed E-state index contributed by atoms with van der Waals surface area (Å²) in [6.45, 7) is 2.95. The molecule has 3 rings (SSSR count). The predicted octanol–water partition coefficient (Wildman–Crippen LogP) is 1.08. The molecule has 1 aliphatic carbocycles. The molecule has 0 radical (unpaired) electrons. The average molecular weight is 262 g/mol. The van der Waals surface area contributed by atoms with Crippen molar-refractivity contribution in [3.8, 4) is 0 Å². The molecule has 2 atom stereocenters. The Morgan fingerprint density at radius 3 is 3.05 bits per heavy atom. The van der Waals surface area contributed by atoms with E-state index >= 15 is 0 Å². The number of carbonyl (C=O) groups is 1. The lowest BCUT2D eigenvalue weighted by molar-refractivity contribution is -0.0446. The van der Waals surface area contributed by atoms with Gasteiger partial charge >= 0.3 is 0 Å². The fourth-order valence-electron chi connectivity index (χ4n) is 3.07. The molecule has 1 amide bonds. The van der Waals surface area contributed by atoms with E-state index in [1.165, 1.54) is 0 Å². The van der Waals surface area contributed by atoms with Crippen LogP contribution < -0.4 is 5.56 Å². The summed E-state index contributed by atoms with van der Waals surface area (Å²) < 4.78 is 5.69. The maximum atomic E-state index is 12.5. The number of nitrogens with one attached hydrogen (secondary N) is 1. The summed E-state index contributed by atoms with van der Waals surface area (Å²) in [4.78, 5) is 28.9. The Morgan fingerprint density at radius 1 is 1.42 bits per heavy atom. The first-order chi connectivity index (χ1) is 9.16. The van der Waals surface area contributed by atoms with Crippen molar-refractivity contribution in [1.82, 2.24) is 9.88 Å². The van der Waals surface area contributed by atoms with Gasteiger partial charge in [-0.1, -0.05) is 0 Å². The summed E-state index contributed by atoms with van der Waals surface area (Å²) in [5, 5.41) is 0. The van der Waals surface area contributed by atoms with E-state index in [1.807, 2.05) is 4.90 Å². The van der Waals surface area contributed by atoms with Gasteiger partial charge in [-0.3, -0.25) is 9.59 Å². The standard InChI is InChI=1S/C14H18N2O3/c1-9-5-6-10(13(17)15-9)14(18)16-7-8-19-12-4-2-3-11(12)16/h5-6,11-12H,2-4,7-8H2,1H3,(H,15,17). The average Bonchev–Trinajstić information content (AvgIpc) is 2.86. The molecule has 0 bridgehead atoms. The highest BCUT2D eigenvalue weighted by molar-refractivity contribution is 5.94. The molecule has 2 heterocycles. The zero-order valence-electron chi connectivity index (χ0n) is 11.0. The van der Waals surface area contributed by atoms with Gasteiger partial charge in [-0.2, -0.15) is 0 Å². The number of rotatable bonds is 1. The van der Waals surface area contributed by atoms with Gasteiger partial charge in [0.1, 0.15) is 5.56 Å². The van der Waals surface area contributed by atoms with Crippen LogP contribution >= 0.6 is 0 Å². The van der Waals surface area contributed by atoms with Crippen LogP contribution in [0.2, 0.25) is 0 Å². The van der Waals surface area contributed by atoms with Crippen molar-refractivity contribution in [3.05, 3.63) is 33.7 Å². The smallest absolute Gasteiger partial charge is 0.260 e. The van der Waals surface area contributed by atoms with Crippen LogP contribution in [0.1, 0.15) is 35.3 Å². The summed E-state index contributed by atoms with van der Waals surface area (Å²) in [5.41, 5.74) is 0.700. The number of nitrogens with zero attached hydrogens (tertiary/aromatic N) is 1. The van der Waals surface area contributed by atoms with Gasteiger partial charge in [0.15, 0.2) is 0 Å². The van der Waals surface area contributed by atoms with E-state index in [2.05, 4.69) is 4.98 Å². The number of pyridine rings is 1. The first-order valence-corrected chi connectivity index (χ1v) is 6.79.